The number of hydrogen-bond acceptors (Lipinski definition) is 1. The predicted octanol–water partition coefficient (Wildman–Crippen LogP) is 4.46. The van der Waals surface area contributed by atoms with E-state index in [1.165, 1.54) is 21.9 Å². The van der Waals surface area contributed by atoms with Crippen molar-refractivity contribution < 1.29 is 0 Å². The molecule has 2 heterocycles. The highest BCUT2D eigenvalue weighted by molar-refractivity contribution is 5.96. The molecule has 0 saturated heterocycles. The molecule has 2 nitrogen and oxygen atoms in total. The maximum atomic E-state index is 4.63. The summed E-state index contributed by atoms with van der Waals surface area (Å²) in [7, 11) is 0. The van der Waals surface area contributed by atoms with Crippen molar-refractivity contribution in [2.45, 2.75) is 6.92 Å². The van der Waals surface area contributed by atoms with Crippen LogP contribution in [0.5, 0.6) is 0 Å². The first-order chi connectivity index (χ1) is 9.84. The molecule has 20 heavy (non-hydrogen) atoms. The molecule has 0 saturated carbocycles. The fourth-order valence-electron chi connectivity index (χ4n) is 2.80. The van der Waals surface area contributed by atoms with E-state index in [0.717, 1.165) is 11.3 Å². The first kappa shape index (κ1) is 11.2. The highest BCUT2D eigenvalue weighted by atomic mass is 15.0. The van der Waals surface area contributed by atoms with Gasteiger partial charge in [0.05, 0.1) is 11.9 Å². The van der Waals surface area contributed by atoms with E-state index in [0.29, 0.717) is 0 Å². The summed E-state index contributed by atoms with van der Waals surface area (Å²) in [4.78, 5) is 4.63. The van der Waals surface area contributed by atoms with E-state index < -0.39 is 0 Å². The average Bonchev–Trinajstić information content (AvgIpc) is 2.92. The van der Waals surface area contributed by atoms with Gasteiger partial charge in [0.25, 0.3) is 0 Å². The molecule has 2 heteroatoms. The molecule has 0 atom stereocenters. The zero-order valence-corrected chi connectivity index (χ0v) is 11.2. The third-order valence-corrected chi connectivity index (χ3v) is 3.78. The van der Waals surface area contributed by atoms with Crippen molar-refractivity contribution in [3.8, 4) is 11.3 Å². The van der Waals surface area contributed by atoms with Gasteiger partial charge < -0.3 is 0 Å². The van der Waals surface area contributed by atoms with E-state index in [2.05, 4.69) is 71.0 Å². The molecule has 4 aromatic rings. The van der Waals surface area contributed by atoms with Crippen molar-refractivity contribution in [1.82, 2.24) is 9.38 Å². The minimum Gasteiger partial charge on any atom is -0.299 e. The standard InChI is InChI=1S/C18H14N2/c1-13-12-20-17(14-7-3-2-4-8-14)11-19-18(20)16-10-6-5-9-15(13)16/h2-12H,1H3. The summed E-state index contributed by atoms with van der Waals surface area (Å²) >= 11 is 0. The molecule has 2 aromatic carbocycles. The van der Waals surface area contributed by atoms with Gasteiger partial charge in [-0.15, -0.1) is 0 Å². The van der Waals surface area contributed by atoms with E-state index in [-0.39, 0.29) is 0 Å². The Hall–Kier alpha value is -2.61. The second kappa shape index (κ2) is 4.20. The van der Waals surface area contributed by atoms with Gasteiger partial charge in [-0.05, 0) is 17.9 Å². The number of rotatable bonds is 1. The molecular formula is C18H14N2. The highest BCUT2D eigenvalue weighted by Crippen LogP contribution is 2.27. The Kier molecular flexibility index (Phi) is 2.36. The lowest BCUT2D eigenvalue weighted by atomic mass is 10.1. The fourth-order valence-corrected chi connectivity index (χ4v) is 2.80. The van der Waals surface area contributed by atoms with Crippen molar-refractivity contribution in [3.05, 3.63) is 72.6 Å². The zero-order chi connectivity index (χ0) is 13.5. The Morgan fingerprint density at radius 1 is 0.850 bits per heavy atom. The van der Waals surface area contributed by atoms with Crippen LogP contribution in [-0.2, 0) is 0 Å². The van der Waals surface area contributed by atoms with Crippen LogP contribution in [0.2, 0.25) is 0 Å². The second-order valence-electron chi connectivity index (χ2n) is 5.06. The summed E-state index contributed by atoms with van der Waals surface area (Å²) in [5.41, 5.74) is 4.61. The molecule has 0 aliphatic heterocycles. The Balaban J connectivity index is 2.12. The van der Waals surface area contributed by atoms with E-state index in [4.69, 9.17) is 0 Å². The second-order valence-corrected chi connectivity index (χ2v) is 5.06. The number of aromatic nitrogens is 2. The summed E-state index contributed by atoms with van der Waals surface area (Å²) in [5, 5.41) is 2.47. The summed E-state index contributed by atoms with van der Waals surface area (Å²) < 4.78 is 2.19. The SMILES string of the molecule is Cc1cn2c(-c3ccccc3)cnc2c2ccccc12. The molecule has 4 rings (SSSR count). The third kappa shape index (κ3) is 1.55. The molecule has 0 radical (unpaired) electrons. The Labute approximate surface area is 117 Å². The van der Waals surface area contributed by atoms with Gasteiger partial charge in [-0.1, -0.05) is 54.6 Å². The highest BCUT2D eigenvalue weighted by Gasteiger charge is 2.09. The Morgan fingerprint density at radius 3 is 2.35 bits per heavy atom. The molecule has 0 amide bonds. The van der Waals surface area contributed by atoms with Crippen LogP contribution in [0.1, 0.15) is 5.56 Å². The minimum absolute atomic E-state index is 1.02. The number of pyridine rings is 1. The van der Waals surface area contributed by atoms with Gasteiger partial charge in [0.15, 0.2) is 0 Å². The van der Waals surface area contributed by atoms with Crippen LogP contribution >= 0.6 is 0 Å². The van der Waals surface area contributed by atoms with Crippen LogP contribution in [0, 0.1) is 6.92 Å². The van der Waals surface area contributed by atoms with Gasteiger partial charge in [0.2, 0.25) is 0 Å². The normalized spacial score (nSPS) is 11.2. The van der Waals surface area contributed by atoms with E-state index >= 15 is 0 Å². The number of fused-ring (bicyclic) bond motifs is 3. The summed E-state index contributed by atoms with van der Waals surface area (Å²) in [6.45, 7) is 2.15. The number of aryl methyl sites for hydroxylation is 1. The summed E-state index contributed by atoms with van der Waals surface area (Å²) in [6, 6.07) is 18.8. The van der Waals surface area contributed by atoms with E-state index in [1.54, 1.807) is 0 Å². The van der Waals surface area contributed by atoms with Gasteiger partial charge in [0.1, 0.15) is 5.65 Å². The van der Waals surface area contributed by atoms with Gasteiger partial charge in [-0.3, -0.25) is 4.40 Å². The molecule has 2 aromatic heterocycles. The molecule has 0 unspecified atom stereocenters. The molecule has 96 valence electrons. The number of benzene rings is 2. The molecular weight excluding hydrogens is 244 g/mol. The summed E-state index contributed by atoms with van der Waals surface area (Å²) in [5.74, 6) is 0. The summed E-state index contributed by atoms with van der Waals surface area (Å²) in [6.07, 6.45) is 4.13. The van der Waals surface area contributed by atoms with Crippen molar-refractivity contribution in [1.29, 1.82) is 0 Å². The molecule has 0 bridgehead atoms. The van der Waals surface area contributed by atoms with Crippen molar-refractivity contribution >= 4 is 16.4 Å². The van der Waals surface area contributed by atoms with Gasteiger partial charge >= 0.3 is 0 Å². The van der Waals surface area contributed by atoms with Gasteiger partial charge in [0, 0.05) is 17.1 Å². The number of hydrogen-bond donors (Lipinski definition) is 0. The van der Waals surface area contributed by atoms with E-state index in [9.17, 15) is 0 Å². The average molecular weight is 258 g/mol. The smallest absolute Gasteiger partial charge is 0.145 e. The Morgan fingerprint density at radius 2 is 1.55 bits per heavy atom. The third-order valence-electron chi connectivity index (χ3n) is 3.78. The lowest BCUT2D eigenvalue weighted by molar-refractivity contribution is 1.18. The molecule has 0 aliphatic rings. The van der Waals surface area contributed by atoms with Gasteiger partial charge in [-0.2, -0.15) is 0 Å². The van der Waals surface area contributed by atoms with Crippen LogP contribution < -0.4 is 0 Å². The van der Waals surface area contributed by atoms with Crippen molar-refractivity contribution in [3.63, 3.8) is 0 Å². The van der Waals surface area contributed by atoms with Crippen LogP contribution in [-0.4, -0.2) is 9.38 Å². The molecule has 0 aliphatic carbocycles. The van der Waals surface area contributed by atoms with Gasteiger partial charge in [-0.25, -0.2) is 4.98 Å². The monoisotopic (exact) mass is 258 g/mol. The quantitative estimate of drug-likeness (QED) is 0.492. The zero-order valence-electron chi connectivity index (χ0n) is 11.2. The molecule has 0 N–H and O–H groups in total. The lowest BCUT2D eigenvalue weighted by Crippen LogP contribution is -1.92. The maximum absolute atomic E-state index is 4.63. The van der Waals surface area contributed by atoms with Crippen molar-refractivity contribution in [2.24, 2.45) is 0 Å². The first-order valence-electron chi connectivity index (χ1n) is 6.75. The first-order valence-corrected chi connectivity index (χ1v) is 6.75. The fraction of sp³-hybridized carbons (Fsp3) is 0.0556. The lowest BCUT2D eigenvalue weighted by Gasteiger charge is -2.07. The largest absolute Gasteiger partial charge is 0.299 e. The minimum atomic E-state index is 1.02. The predicted molar refractivity (Wildman–Crippen MR) is 82.9 cm³/mol. The van der Waals surface area contributed by atoms with Crippen LogP contribution in [0.4, 0.5) is 0 Å². The maximum Gasteiger partial charge on any atom is 0.145 e. The van der Waals surface area contributed by atoms with Crippen LogP contribution in [0.15, 0.2) is 67.0 Å². The molecule has 0 spiro atoms. The Bertz CT molecular complexity index is 905. The van der Waals surface area contributed by atoms with E-state index in [1.807, 2.05) is 12.3 Å². The number of imidazole rings is 1. The molecule has 0 fully saturated rings. The van der Waals surface area contributed by atoms with Crippen LogP contribution in [0.25, 0.3) is 27.7 Å². The number of nitrogens with zero attached hydrogens (tertiary/aromatic N) is 2. The topological polar surface area (TPSA) is 17.3 Å². The van der Waals surface area contributed by atoms with Crippen molar-refractivity contribution in [2.75, 3.05) is 0 Å². The van der Waals surface area contributed by atoms with Crippen LogP contribution in [0.3, 0.4) is 0 Å².